The van der Waals surface area contributed by atoms with E-state index < -0.39 is 11.5 Å². The summed E-state index contributed by atoms with van der Waals surface area (Å²) in [7, 11) is 0. The molecule has 1 heterocycles. The number of anilines is 1. The van der Waals surface area contributed by atoms with Gasteiger partial charge in [-0.1, -0.05) is 50.5 Å². The van der Waals surface area contributed by atoms with E-state index in [-0.39, 0.29) is 11.3 Å². The zero-order chi connectivity index (χ0) is 21.0. The molecule has 0 spiro atoms. The Morgan fingerprint density at radius 3 is 2.55 bits per heavy atom. The van der Waals surface area contributed by atoms with Gasteiger partial charge in [0.15, 0.2) is 0 Å². The third kappa shape index (κ3) is 4.19. The summed E-state index contributed by atoms with van der Waals surface area (Å²) >= 11 is 0. The van der Waals surface area contributed by atoms with Crippen LogP contribution in [0.1, 0.15) is 54.1 Å². The van der Waals surface area contributed by atoms with Gasteiger partial charge in [0, 0.05) is 17.6 Å². The lowest BCUT2D eigenvalue weighted by Crippen LogP contribution is -2.30. The van der Waals surface area contributed by atoms with Crippen molar-refractivity contribution < 1.29 is 9.90 Å². The molecule has 0 aliphatic rings. The predicted molar refractivity (Wildman–Crippen MR) is 118 cm³/mol. The van der Waals surface area contributed by atoms with Crippen LogP contribution in [0.2, 0.25) is 0 Å². The van der Waals surface area contributed by atoms with Crippen LogP contribution in [-0.2, 0) is 6.54 Å². The Kier molecular flexibility index (Phi) is 6.37. The summed E-state index contributed by atoms with van der Waals surface area (Å²) < 4.78 is 1.61. The van der Waals surface area contributed by atoms with Crippen LogP contribution in [0.4, 0.5) is 5.69 Å². The fourth-order valence-electron chi connectivity index (χ4n) is 3.58. The normalized spacial score (nSPS) is 11.0. The Morgan fingerprint density at radius 1 is 1.03 bits per heavy atom. The quantitative estimate of drug-likeness (QED) is 0.546. The molecule has 0 unspecified atom stereocenters. The standard InChI is InChI=1S/C24H28N2O3/c1-4-5-6-9-15-26-20-14-8-7-12-18(20)22(27)21(24(26)29)23(28)25-19-13-10-11-16(2)17(19)3/h7-8,10-14,27H,4-6,9,15H2,1-3H3,(H,25,28). The highest BCUT2D eigenvalue weighted by Crippen LogP contribution is 2.28. The van der Waals surface area contributed by atoms with E-state index in [2.05, 4.69) is 12.2 Å². The number of hydrogen-bond acceptors (Lipinski definition) is 3. The maximum atomic E-state index is 13.2. The number of rotatable bonds is 7. The van der Waals surface area contributed by atoms with Crippen molar-refractivity contribution in [1.29, 1.82) is 0 Å². The van der Waals surface area contributed by atoms with Gasteiger partial charge < -0.3 is 15.0 Å². The zero-order valence-electron chi connectivity index (χ0n) is 17.3. The minimum atomic E-state index is -0.589. The molecule has 0 bridgehead atoms. The van der Waals surface area contributed by atoms with E-state index in [1.807, 2.05) is 38.1 Å². The lowest BCUT2D eigenvalue weighted by Gasteiger charge is -2.16. The highest BCUT2D eigenvalue weighted by Gasteiger charge is 2.22. The second kappa shape index (κ2) is 8.95. The highest BCUT2D eigenvalue weighted by molar-refractivity contribution is 6.09. The molecule has 0 aliphatic heterocycles. The first-order chi connectivity index (χ1) is 14.0. The summed E-state index contributed by atoms with van der Waals surface area (Å²) in [6.07, 6.45) is 4.07. The molecule has 1 aromatic heterocycles. The maximum absolute atomic E-state index is 13.2. The molecule has 0 saturated heterocycles. The number of carbonyl (C=O) groups excluding carboxylic acids is 1. The molecule has 0 saturated carbocycles. The van der Waals surface area contributed by atoms with Crippen molar-refractivity contribution >= 4 is 22.5 Å². The second-order valence-corrected chi connectivity index (χ2v) is 7.46. The fourth-order valence-corrected chi connectivity index (χ4v) is 3.58. The average Bonchev–Trinajstić information content (AvgIpc) is 2.71. The first-order valence-corrected chi connectivity index (χ1v) is 10.2. The number of hydrogen-bond donors (Lipinski definition) is 2. The minimum Gasteiger partial charge on any atom is -0.506 e. The monoisotopic (exact) mass is 392 g/mol. The molecule has 5 heteroatoms. The van der Waals surface area contributed by atoms with Crippen LogP contribution < -0.4 is 10.9 Å². The molecule has 2 N–H and O–H groups in total. The number of para-hydroxylation sites is 1. The first kappa shape index (κ1) is 20.6. The van der Waals surface area contributed by atoms with Gasteiger partial charge in [-0.25, -0.2) is 0 Å². The van der Waals surface area contributed by atoms with Crippen molar-refractivity contribution in [2.45, 2.75) is 53.0 Å². The van der Waals surface area contributed by atoms with Crippen LogP contribution in [0, 0.1) is 13.8 Å². The van der Waals surface area contributed by atoms with Crippen molar-refractivity contribution in [2.24, 2.45) is 0 Å². The van der Waals surface area contributed by atoms with Crippen LogP contribution >= 0.6 is 0 Å². The summed E-state index contributed by atoms with van der Waals surface area (Å²) in [5, 5.41) is 14.1. The van der Waals surface area contributed by atoms with Crippen LogP contribution in [0.25, 0.3) is 10.9 Å². The second-order valence-electron chi connectivity index (χ2n) is 7.46. The number of unbranched alkanes of at least 4 members (excludes halogenated alkanes) is 3. The topological polar surface area (TPSA) is 71.3 Å². The van der Waals surface area contributed by atoms with E-state index in [1.165, 1.54) is 0 Å². The summed E-state index contributed by atoms with van der Waals surface area (Å²) in [5.41, 5.74) is 2.59. The van der Waals surface area contributed by atoms with E-state index in [4.69, 9.17) is 0 Å². The van der Waals surface area contributed by atoms with Gasteiger partial charge in [-0.15, -0.1) is 0 Å². The Bertz CT molecular complexity index is 1100. The number of fused-ring (bicyclic) bond motifs is 1. The molecule has 0 radical (unpaired) electrons. The lowest BCUT2D eigenvalue weighted by atomic mass is 10.1. The third-order valence-corrected chi connectivity index (χ3v) is 5.46. The summed E-state index contributed by atoms with van der Waals surface area (Å²) in [5.74, 6) is -0.854. The Morgan fingerprint density at radius 2 is 1.79 bits per heavy atom. The number of aromatic hydroxyl groups is 1. The largest absolute Gasteiger partial charge is 0.506 e. The van der Waals surface area contributed by atoms with E-state index in [0.717, 1.165) is 36.8 Å². The van der Waals surface area contributed by atoms with Gasteiger partial charge in [0.05, 0.1) is 5.52 Å². The van der Waals surface area contributed by atoms with Crippen molar-refractivity contribution in [3.05, 3.63) is 69.5 Å². The van der Waals surface area contributed by atoms with Gasteiger partial charge >= 0.3 is 0 Å². The Labute approximate surface area is 171 Å². The van der Waals surface area contributed by atoms with Crippen LogP contribution in [0.3, 0.4) is 0 Å². The van der Waals surface area contributed by atoms with Crippen molar-refractivity contribution in [3.8, 4) is 5.75 Å². The molecule has 3 aromatic rings. The summed E-state index contributed by atoms with van der Waals surface area (Å²) in [4.78, 5) is 26.2. The van der Waals surface area contributed by atoms with Gasteiger partial charge in [-0.05, 0) is 49.6 Å². The molecular weight excluding hydrogens is 364 g/mol. The van der Waals surface area contributed by atoms with E-state index in [9.17, 15) is 14.7 Å². The molecule has 0 atom stereocenters. The van der Waals surface area contributed by atoms with Gasteiger partial charge in [0.2, 0.25) is 0 Å². The molecule has 29 heavy (non-hydrogen) atoms. The summed E-state index contributed by atoms with van der Waals surface area (Å²) in [6.45, 7) is 6.53. The predicted octanol–water partition coefficient (Wildman–Crippen LogP) is 5.16. The minimum absolute atomic E-state index is 0.208. The van der Waals surface area contributed by atoms with Crippen molar-refractivity contribution in [3.63, 3.8) is 0 Å². The smallest absolute Gasteiger partial charge is 0.267 e. The van der Waals surface area contributed by atoms with Crippen LogP contribution in [0.15, 0.2) is 47.3 Å². The zero-order valence-corrected chi connectivity index (χ0v) is 17.3. The first-order valence-electron chi connectivity index (χ1n) is 10.2. The van der Waals surface area contributed by atoms with Gasteiger partial charge in [0.1, 0.15) is 11.3 Å². The molecule has 0 fully saturated rings. The number of benzene rings is 2. The number of pyridine rings is 1. The van der Waals surface area contributed by atoms with Gasteiger partial charge in [-0.3, -0.25) is 9.59 Å². The van der Waals surface area contributed by atoms with Crippen LogP contribution in [-0.4, -0.2) is 15.6 Å². The van der Waals surface area contributed by atoms with Crippen LogP contribution in [0.5, 0.6) is 5.75 Å². The van der Waals surface area contributed by atoms with Crippen molar-refractivity contribution in [2.75, 3.05) is 5.32 Å². The van der Waals surface area contributed by atoms with Crippen molar-refractivity contribution in [1.82, 2.24) is 4.57 Å². The number of nitrogens with zero attached hydrogens (tertiary/aromatic N) is 1. The highest BCUT2D eigenvalue weighted by atomic mass is 16.3. The Balaban J connectivity index is 2.06. The van der Waals surface area contributed by atoms with E-state index in [1.54, 1.807) is 22.8 Å². The Hall–Kier alpha value is -3.08. The summed E-state index contributed by atoms with van der Waals surface area (Å²) in [6, 6.07) is 12.8. The number of aromatic nitrogens is 1. The third-order valence-electron chi connectivity index (χ3n) is 5.46. The number of aryl methyl sites for hydroxylation is 2. The molecule has 152 valence electrons. The van der Waals surface area contributed by atoms with E-state index >= 15 is 0 Å². The molecular formula is C24H28N2O3. The number of amides is 1. The van der Waals surface area contributed by atoms with E-state index in [0.29, 0.717) is 23.1 Å². The molecule has 3 rings (SSSR count). The molecule has 1 amide bonds. The van der Waals surface area contributed by atoms with Gasteiger partial charge in [0.25, 0.3) is 11.5 Å². The number of carbonyl (C=O) groups is 1. The average molecular weight is 392 g/mol. The maximum Gasteiger partial charge on any atom is 0.267 e. The number of nitrogens with one attached hydrogen (secondary N) is 1. The molecule has 5 nitrogen and oxygen atoms in total. The molecule has 2 aromatic carbocycles. The molecule has 0 aliphatic carbocycles. The van der Waals surface area contributed by atoms with Gasteiger partial charge in [-0.2, -0.15) is 0 Å². The lowest BCUT2D eigenvalue weighted by molar-refractivity contribution is 0.102. The SMILES string of the molecule is CCCCCCn1c(=O)c(C(=O)Nc2cccc(C)c2C)c(O)c2ccccc21. The fraction of sp³-hybridized carbons (Fsp3) is 0.333.